The quantitative estimate of drug-likeness (QED) is 0.845. The molecular formula is C17H25ClN2O2. The maximum absolute atomic E-state index is 12.3. The minimum absolute atomic E-state index is 0. The molecule has 3 rings (SSSR count). The first-order chi connectivity index (χ1) is 10.3. The Labute approximate surface area is 138 Å². The number of nitrogens with one attached hydrogen (secondary N) is 1. The first kappa shape index (κ1) is 17.1. The van der Waals surface area contributed by atoms with Crippen molar-refractivity contribution in [1.82, 2.24) is 5.32 Å². The van der Waals surface area contributed by atoms with Gasteiger partial charge in [-0.2, -0.15) is 0 Å². The summed E-state index contributed by atoms with van der Waals surface area (Å²) in [5, 5.41) is 3.12. The van der Waals surface area contributed by atoms with Gasteiger partial charge in [-0.25, -0.2) is 0 Å². The number of carbonyl (C=O) groups excluding carboxylic acids is 1. The normalized spacial score (nSPS) is 23.7. The first-order valence-electron chi connectivity index (χ1n) is 8.00. The molecule has 22 heavy (non-hydrogen) atoms. The lowest BCUT2D eigenvalue weighted by molar-refractivity contribution is 0.0928. The van der Waals surface area contributed by atoms with Crippen molar-refractivity contribution < 1.29 is 9.53 Å². The summed E-state index contributed by atoms with van der Waals surface area (Å²) in [7, 11) is 0. The van der Waals surface area contributed by atoms with Crippen molar-refractivity contribution in [2.75, 3.05) is 13.2 Å². The second kappa shape index (κ2) is 7.84. The maximum atomic E-state index is 12.3. The van der Waals surface area contributed by atoms with Gasteiger partial charge < -0.3 is 15.8 Å². The van der Waals surface area contributed by atoms with Gasteiger partial charge in [0.25, 0.3) is 5.91 Å². The Hall–Kier alpha value is -1.26. The molecule has 1 amide bonds. The van der Waals surface area contributed by atoms with Crippen molar-refractivity contribution in [2.24, 2.45) is 17.6 Å². The van der Waals surface area contributed by atoms with Gasteiger partial charge in [0.05, 0.1) is 6.61 Å². The van der Waals surface area contributed by atoms with E-state index in [0.29, 0.717) is 18.0 Å². The second-order valence-electron chi connectivity index (χ2n) is 6.29. The van der Waals surface area contributed by atoms with Gasteiger partial charge in [-0.3, -0.25) is 4.79 Å². The average Bonchev–Trinajstić information content (AvgIpc) is 3.24. The summed E-state index contributed by atoms with van der Waals surface area (Å²) in [6.45, 7) is 1.45. The van der Waals surface area contributed by atoms with Gasteiger partial charge >= 0.3 is 0 Å². The number of hydrogen-bond donors (Lipinski definition) is 2. The number of ether oxygens (including phenoxy) is 1. The van der Waals surface area contributed by atoms with Crippen molar-refractivity contribution in [3.63, 3.8) is 0 Å². The van der Waals surface area contributed by atoms with E-state index in [1.807, 2.05) is 24.3 Å². The highest BCUT2D eigenvalue weighted by molar-refractivity contribution is 5.94. The molecule has 0 heterocycles. The summed E-state index contributed by atoms with van der Waals surface area (Å²) in [6, 6.07) is 7.67. The molecule has 2 atom stereocenters. The lowest BCUT2D eigenvalue weighted by Gasteiger charge is -2.19. The Bertz CT molecular complexity index is 488. The predicted octanol–water partition coefficient (Wildman–Crippen LogP) is 2.75. The standard InChI is InChI=1S/C17H24N2O2.ClH/c18-10-14-2-1-3-16(14)19-17(20)13-6-8-15(9-7-13)21-11-12-4-5-12;/h6-9,12,14,16H,1-5,10-11,18H2,(H,19,20);1H. The first-order valence-corrected chi connectivity index (χ1v) is 8.00. The van der Waals surface area contributed by atoms with Crippen molar-refractivity contribution in [1.29, 1.82) is 0 Å². The Balaban J connectivity index is 0.00000176. The molecule has 1 aromatic carbocycles. The summed E-state index contributed by atoms with van der Waals surface area (Å²) < 4.78 is 5.68. The van der Waals surface area contributed by atoms with E-state index >= 15 is 0 Å². The molecule has 1 aromatic rings. The average molecular weight is 325 g/mol. The highest BCUT2D eigenvalue weighted by Crippen LogP contribution is 2.29. The number of rotatable bonds is 6. The fourth-order valence-electron chi connectivity index (χ4n) is 2.96. The lowest BCUT2D eigenvalue weighted by Crippen LogP contribution is -2.39. The molecule has 0 aromatic heterocycles. The molecule has 0 saturated heterocycles. The Kier molecular flexibility index (Phi) is 6.09. The van der Waals surface area contributed by atoms with E-state index < -0.39 is 0 Å². The zero-order valence-electron chi connectivity index (χ0n) is 12.8. The van der Waals surface area contributed by atoms with Gasteiger partial charge in [0.2, 0.25) is 0 Å². The van der Waals surface area contributed by atoms with Crippen LogP contribution in [0.5, 0.6) is 5.75 Å². The van der Waals surface area contributed by atoms with E-state index in [9.17, 15) is 4.79 Å². The molecule has 0 bridgehead atoms. The molecule has 0 aliphatic heterocycles. The largest absolute Gasteiger partial charge is 0.493 e. The molecular weight excluding hydrogens is 300 g/mol. The van der Waals surface area contributed by atoms with Gasteiger partial charge in [-0.1, -0.05) is 6.42 Å². The van der Waals surface area contributed by atoms with Crippen molar-refractivity contribution >= 4 is 18.3 Å². The van der Waals surface area contributed by atoms with Crippen LogP contribution in [0.15, 0.2) is 24.3 Å². The zero-order valence-corrected chi connectivity index (χ0v) is 13.6. The minimum Gasteiger partial charge on any atom is -0.493 e. The molecule has 4 nitrogen and oxygen atoms in total. The van der Waals surface area contributed by atoms with Crippen LogP contribution in [-0.2, 0) is 0 Å². The topological polar surface area (TPSA) is 64.3 Å². The van der Waals surface area contributed by atoms with Crippen LogP contribution < -0.4 is 15.8 Å². The van der Waals surface area contributed by atoms with E-state index in [1.54, 1.807) is 0 Å². The summed E-state index contributed by atoms with van der Waals surface area (Å²) in [4.78, 5) is 12.3. The maximum Gasteiger partial charge on any atom is 0.251 e. The Morgan fingerprint density at radius 3 is 2.55 bits per heavy atom. The molecule has 2 unspecified atom stereocenters. The van der Waals surface area contributed by atoms with Gasteiger partial charge in [-0.05, 0) is 68.3 Å². The van der Waals surface area contributed by atoms with Crippen LogP contribution in [0.3, 0.4) is 0 Å². The number of nitrogens with two attached hydrogens (primary N) is 1. The third-order valence-corrected chi connectivity index (χ3v) is 4.58. The van der Waals surface area contributed by atoms with Gasteiger partial charge in [0.1, 0.15) is 5.75 Å². The number of benzene rings is 1. The molecule has 2 saturated carbocycles. The van der Waals surface area contributed by atoms with E-state index in [-0.39, 0.29) is 24.4 Å². The number of amides is 1. The van der Waals surface area contributed by atoms with Crippen LogP contribution in [0.25, 0.3) is 0 Å². The van der Waals surface area contributed by atoms with E-state index in [0.717, 1.165) is 37.5 Å². The lowest BCUT2D eigenvalue weighted by atomic mass is 10.0. The third kappa shape index (κ3) is 4.37. The monoisotopic (exact) mass is 324 g/mol. The zero-order chi connectivity index (χ0) is 14.7. The Morgan fingerprint density at radius 1 is 1.18 bits per heavy atom. The smallest absolute Gasteiger partial charge is 0.251 e. The molecule has 0 spiro atoms. The van der Waals surface area contributed by atoms with Crippen LogP contribution in [0.1, 0.15) is 42.5 Å². The fraction of sp³-hybridized carbons (Fsp3) is 0.588. The molecule has 122 valence electrons. The molecule has 2 aliphatic rings. The van der Waals surface area contributed by atoms with E-state index in [4.69, 9.17) is 10.5 Å². The highest BCUT2D eigenvalue weighted by Gasteiger charge is 2.27. The van der Waals surface area contributed by atoms with Crippen LogP contribution >= 0.6 is 12.4 Å². The van der Waals surface area contributed by atoms with Crippen LogP contribution in [0.4, 0.5) is 0 Å². The predicted molar refractivity (Wildman–Crippen MR) is 89.6 cm³/mol. The summed E-state index contributed by atoms with van der Waals surface area (Å²) in [5.74, 6) is 2.01. The number of hydrogen-bond acceptors (Lipinski definition) is 3. The molecule has 0 radical (unpaired) electrons. The van der Waals surface area contributed by atoms with Gasteiger partial charge in [0, 0.05) is 11.6 Å². The van der Waals surface area contributed by atoms with E-state index in [1.165, 1.54) is 12.8 Å². The van der Waals surface area contributed by atoms with Gasteiger partial charge in [0.15, 0.2) is 0 Å². The van der Waals surface area contributed by atoms with Gasteiger partial charge in [-0.15, -0.1) is 12.4 Å². The molecule has 2 aliphatic carbocycles. The second-order valence-corrected chi connectivity index (χ2v) is 6.29. The summed E-state index contributed by atoms with van der Waals surface area (Å²) in [5.41, 5.74) is 6.44. The molecule has 5 heteroatoms. The van der Waals surface area contributed by atoms with Crippen molar-refractivity contribution in [3.8, 4) is 5.75 Å². The number of carbonyl (C=O) groups is 1. The molecule has 3 N–H and O–H groups in total. The van der Waals surface area contributed by atoms with Crippen molar-refractivity contribution in [2.45, 2.75) is 38.1 Å². The molecule has 2 fully saturated rings. The number of halogens is 1. The van der Waals surface area contributed by atoms with Crippen LogP contribution in [0.2, 0.25) is 0 Å². The SMILES string of the molecule is Cl.NCC1CCCC1NC(=O)c1ccc(OCC2CC2)cc1. The van der Waals surface area contributed by atoms with Crippen molar-refractivity contribution in [3.05, 3.63) is 29.8 Å². The van der Waals surface area contributed by atoms with Crippen LogP contribution in [-0.4, -0.2) is 25.1 Å². The Morgan fingerprint density at radius 2 is 1.91 bits per heavy atom. The minimum atomic E-state index is -0.00547. The fourth-order valence-corrected chi connectivity index (χ4v) is 2.96. The summed E-state index contributed by atoms with van der Waals surface area (Å²) in [6.07, 6.45) is 5.88. The highest BCUT2D eigenvalue weighted by atomic mass is 35.5. The van der Waals surface area contributed by atoms with E-state index in [2.05, 4.69) is 5.32 Å². The third-order valence-electron chi connectivity index (χ3n) is 4.58. The van der Waals surface area contributed by atoms with Crippen LogP contribution in [0, 0.1) is 11.8 Å². The summed E-state index contributed by atoms with van der Waals surface area (Å²) >= 11 is 0.